The molecular formula is C47H34N2. The Balaban J connectivity index is 1.19. The summed E-state index contributed by atoms with van der Waals surface area (Å²) < 4.78 is 0. The fourth-order valence-electron chi connectivity index (χ4n) is 7.56. The van der Waals surface area contributed by atoms with E-state index in [0.717, 1.165) is 28.1 Å². The van der Waals surface area contributed by atoms with Crippen molar-refractivity contribution in [3.63, 3.8) is 0 Å². The fraction of sp³-hybridized carbons (Fsp3) is 0.0638. The van der Waals surface area contributed by atoms with Gasteiger partial charge in [0.15, 0.2) is 5.82 Å². The topological polar surface area (TPSA) is 25.8 Å². The van der Waals surface area contributed by atoms with Crippen LogP contribution in [0.15, 0.2) is 170 Å². The first-order valence-electron chi connectivity index (χ1n) is 16.9. The third-order valence-corrected chi connectivity index (χ3v) is 10.1. The van der Waals surface area contributed by atoms with Crippen LogP contribution in [-0.4, -0.2) is 9.97 Å². The Kier molecular flexibility index (Phi) is 6.84. The summed E-state index contributed by atoms with van der Waals surface area (Å²) in [5.41, 5.74) is 15.1. The second kappa shape index (κ2) is 11.5. The summed E-state index contributed by atoms with van der Waals surface area (Å²) in [6.45, 7) is 4.71. The summed E-state index contributed by atoms with van der Waals surface area (Å²) in [4.78, 5) is 10.3. The van der Waals surface area contributed by atoms with Gasteiger partial charge >= 0.3 is 0 Å². The lowest BCUT2D eigenvalue weighted by Crippen LogP contribution is -2.14. The molecule has 49 heavy (non-hydrogen) atoms. The maximum absolute atomic E-state index is 5.20. The quantitative estimate of drug-likeness (QED) is 0.190. The minimum Gasteiger partial charge on any atom is -0.228 e. The highest BCUT2D eigenvalue weighted by Crippen LogP contribution is 2.54. The molecule has 0 atom stereocenters. The maximum Gasteiger partial charge on any atom is 0.160 e. The summed E-state index contributed by atoms with van der Waals surface area (Å²) >= 11 is 0. The van der Waals surface area contributed by atoms with E-state index in [4.69, 9.17) is 9.97 Å². The lowest BCUT2D eigenvalue weighted by molar-refractivity contribution is 0.661. The van der Waals surface area contributed by atoms with E-state index < -0.39 is 0 Å². The molecule has 1 aliphatic carbocycles. The largest absolute Gasteiger partial charge is 0.228 e. The monoisotopic (exact) mass is 626 g/mol. The highest BCUT2D eigenvalue weighted by Gasteiger charge is 2.37. The molecule has 0 fully saturated rings. The summed E-state index contributed by atoms with van der Waals surface area (Å²) in [5, 5.41) is 2.58. The molecule has 1 aromatic heterocycles. The highest BCUT2D eigenvalue weighted by molar-refractivity contribution is 6.06. The van der Waals surface area contributed by atoms with E-state index in [-0.39, 0.29) is 5.41 Å². The molecule has 0 aliphatic heterocycles. The lowest BCUT2D eigenvalue weighted by atomic mass is 9.81. The van der Waals surface area contributed by atoms with Crippen LogP contribution < -0.4 is 0 Å². The van der Waals surface area contributed by atoms with Gasteiger partial charge in [-0.05, 0) is 67.4 Å². The predicted octanol–water partition coefficient (Wildman–Crippen LogP) is 12.3. The highest BCUT2D eigenvalue weighted by atomic mass is 14.9. The van der Waals surface area contributed by atoms with Crippen molar-refractivity contribution < 1.29 is 0 Å². The van der Waals surface area contributed by atoms with Crippen molar-refractivity contribution in [1.82, 2.24) is 9.97 Å². The first kappa shape index (κ1) is 29.1. The van der Waals surface area contributed by atoms with Crippen molar-refractivity contribution >= 4 is 10.8 Å². The molecule has 1 aliphatic rings. The number of hydrogen-bond donors (Lipinski definition) is 0. The average Bonchev–Trinajstić information content (AvgIpc) is 3.42. The molecule has 0 saturated carbocycles. The van der Waals surface area contributed by atoms with Crippen LogP contribution in [0.5, 0.6) is 0 Å². The zero-order valence-electron chi connectivity index (χ0n) is 27.6. The van der Waals surface area contributed by atoms with E-state index in [2.05, 4.69) is 172 Å². The van der Waals surface area contributed by atoms with E-state index in [9.17, 15) is 0 Å². The SMILES string of the molecule is CC1(C)c2cccc(-c3cccc(-c4cc(-c5ccccc5)nc(-c5ccc(-c6ccccc6)cc5)n4)c3)c2-c2c1ccc1ccccc21. The van der Waals surface area contributed by atoms with Crippen LogP contribution >= 0.6 is 0 Å². The Morgan fingerprint density at radius 3 is 1.73 bits per heavy atom. The lowest BCUT2D eigenvalue weighted by Gasteiger charge is -2.21. The van der Waals surface area contributed by atoms with E-state index in [0.29, 0.717) is 5.82 Å². The first-order chi connectivity index (χ1) is 24.0. The molecule has 1 heterocycles. The molecule has 2 heteroatoms. The van der Waals surface area contributed by atoms with Gasteiger partial charge in [-0.3, -0.25) is 0 Å². The second-order valence-corrected chi connectivity index (χ2v) is 13.4. The first-order valence-corrected chi connectivity index (χ1v) is 16.9. The van der Waals surface area contributed by atoms with Crippen LogP contribution in [0, 0.1) is 0 Å². The molecule has 0 saturated heterocycles. The van der Waals surface area contributed by atoms with Gasteiger partial charge in [-0.1, -0.05) is 172 Å². The van der Waals surface area contributed by atoms with Gasteiger partial charge in [0.2, 0.25) is 0 Å². The smallest absolute Gasteiger partial charge is 0.160 e. The van der Waals surface area contributed by atoms with Gasteiger partial charge in [-0.25, -0.2) is 9.97 Å². The summed E-state index contributed by atoms with van der Waals surface area (Å²) in [6.07, 6.45) is 0. The zero-order chi connectivity index (χ0) is 33.0. The van der Waals surface area contributed by atoms with E-state index in [1.807, 2.05) is 12.1 Å². The normalized spacial score (nSPS) is 12.9. The Morgan fingerprint density at radius 1 is 0.388 bits per heavy atom. The molecule has 2 nitrogen and oxygen atoms in total. The maximum atomic E-state index is 5.20. The second-order valence-electron chi connectivity index (χ2n) is 13.4. The minimum atomic E-state index is -0.0927. The van der Waals surface area contributed by atoms with E-state index >= 15 is 0 Å². The van der Waals surface area contributed by atoms with Gasteiger partial charge in [-0.2, -0.15) is 0 Å². The number of nitrogens with zero attached hydrogens (tertiary/aromatic N) is 2. The molecule has 0 unspecified atom stereocenters. The molecule has 7 aromatic carbocycles. The van der Waals surface area contributed by atoms with Crippen molar-refractivity contribution in [3.8, 4) is 67.3 Å². The van der Waals surface area contributed by atoms with Gasteiger partial charge in [0.05, 0.1) is 11.4 Å². The van der Waals surface area contributed by atoms with E-state index in [1.54, 1.807) is 0 Å². The molecule has 232 valence electrons. The standard InChI is InChI=1S/C47H34N2/c1-47(2)40-22-12-21-39(45(40)44-38-20-10-9-15-33(38)27-28-41(44)47)36-18-11-19-37(29-36)43-30-42(34-16-7-4-8-17-34)48-46(49-43)35-25-23-32(24-26-35)31-13-5-3-6-14-31/h3-30H,1-2H3. The Hall–Kier alpha value is -6.12. The average molecular weight is 627 g/mol. The van der Waals surface area contributed by atoms with E-state index in [1.165, 1.54) is 55.3 Å². The van der Waals surface area contributed by atoms with Crippen LogP contribution in [0.1, 0.15) is 25.0 Å². The van der Waals surface area contributed by atoms with Gasteiger partial charge in [0, 0.05) is 22.1 Å². The van der Waals surface area contributed by atoms with Gasteiger partial charge in [0.25, 0.3) is 0 Å². The Bertz CT molecular complexity index is 2490. The zero-order valence-corrected chi connectivity index (χ0v) is 27.6. The van der Waals surface area contributed by atoms with Crippen LogP contribution in [0.4, 0.5) is 0 Å². The van der Waals surface area contributed by atoms with Crippen molar-refractivity contribution in [2.45, 2.75) is 19.3 Å². The molecule has 0 spiro atoms. The minimum absolute atomic E-state index is 0.0927. The predicted molar refractivity (Wildman–Crippen MR) is 204 cm³/mol. The number of rotatable bonds is 5. The van der Waals surface area contributed by atoms with Crippen molar-refractivity contribution in [2.24, 2.45) is 0 Å². The van der Waals surface area contributed by atoms with Crippen molar-refractivity contribution in [3.05, 3.63) is 181 Å². The van der Waals surface area contributed by atoms with Gasteiger partial charge < -0.3 is 0 Å². The molecule has 0 radical (unpaired) electrons. The summed E-state index contributed by atoms with van der Waals surface area (Å²) in [7, 11) is 0. The van der Waals surface area contributed by atoms with Gasteiger partial charge in [0.1, 0.15) is 0 Å². The number of hydrogen-bond acceptors (Lipinski definition) is 2. The number of fused-ring (bicyclic) bond motifs is 5. The fourth-order valence-corrected chi connectivity index (χ4v) is 7.56. The van der Waals surface area contributed by atoms with Crippen molar-refractivity contribution in [2.75, 3.05) is 0 Å². The molecule has 0 N–H and O–H groups in total. The molecular weight excluding hydrogens is 593 g/mol. The van der Waals surface area contributed by atoms with Crippen molar-refractivity contribution in [1.29, 1.82) is 0 Å². The van der Waals surface area contributed by atoms with Crippen LogP contribution in [0.25, 0.3) is 78.1 Å². The summed E-state index contributed by atoms with van der Waals surface area (Å²) in [5.74, 6) is 0.712. The van der Waals surface area contributed by atoms with Crippen LogP contribution in [0.3, 0.4) is 0 Å². The Labute approximate surface area is 287 Å². The Morgan fingerprint density at radius 2 is 0.959 bits per heavy atom. The molecule has 0 amide bonds. The number of aromatic nitrogens is 2. The third kappa shape index (κ3) is 4.96. The summed E-state index contributed by atoms with van der Waals surface area (Å²) in [6, 6.07) is 60.6. The third-order valence-electron chi connectivity index (χ3n) is 10.1. The van der Waals surface area contributed by atoms with Gasteiger partial charge in [-0.15, -0.1) is 0 Å². The van der Waals surface area contributed by atoms with Crippen LogP contribution in [-0.2, 0) is 5.41 Å². The molecule has 9 rings (SSSR count). The molecule has 8 aromatic rings. The molecule has 0 bridgehead atoms. The number of benzene rings is 7. The van der Waals surface area contributed by atoms with Crippen LogP contribution in [0.2, 0.25) is 0 Å².